The van der Waals surface area contributed by atoms with Crippen molar-refractivity contribution in [2.75, 3.05) is 6.54 Å². The summed E-state index contributed by atoms with van der Waals surface area (Å²) in [6.45, 7) is 9.77. The Bertz CT molecular complexity index is 864. The van der Waals surface area contributed by atoms with E-state index in [1.165, 1.54) is 38.9 Å². The van der Waals surface area contributed by atoms with Gasteiger partial charge in [-0.25, -0.2) is 0 Å². The first-order chi connectivity index (χ1) is 12.5. The van der Waals surface area contributed by atoms with Crippen LogP contribution in [0, 0.1) is 0 Å². The Kier molecular flexibility index (Phi) is 5.52. The number of fused-ring (bicyclic) bond motifs is 1. The van der Waals surface area contributed by atoms with Gasteiger partial charge < -0.3 is 10.7 Å². The van der Waals surface area contributed by atoms with E-state index in [1.807, 2.05) is 0 Å². The first-order valence-corrected chi connectivity index (χ1v) is 9.89. The van der Waals surface area contributed by atoms with Crippen LogP contribution in [0.3, 0.4) is 0 Å². The van der Waals surface area contributed by atoms with E-state index in [0.29, 0.717) is 0 Å². The molecule has 0 fully saturated rings. The quantitative estimate of drug-likeness (QED) is 0.529. The molecule has 1 aromatic heterocycles. The highest BCUT2D eigenvalue weighted by molar-refractivity contribution is 5.92. The second-order valence-electron chi connectivity index (χ2n) is 8.24. The van der Waals surface area contributed by atoms with Crippen LogP contribution in [0.4, 0.5) is 0 Å². The molecule has 0 spiro atoms. The van der Waals surface area contributed by atoms with Gasteiger partial charge in [-0.15, -0.1) is 0 Å². The van der Waals surface area contributed by atoms with Gasteiger partial charge in [0.05, 0.1) is 0 Å². The third kappa shape index (κ3) is 3.71. The lowest BCUT2D eigenvalue weighted by molar-refractivity contribution is 0.590. The number of aromatic amines is 1. The average molecular weight is 349 g/mol. The zero-order valence-corrected chi connectivity index (χ0v) is 16.7. The van der Waals surface area contributed by atoms with Crippen LogP contribution in [-0.4, -0.2) is 11.5 Å². The van der Waals surface area contributed by atoms with Crippen LogP contribution < -0.4 is 5.73 Å². The number of nitrogens with two attached hydrogens (primary N) is 1. The fourth-order valence-electron chi connectivity index (χ4n) is 3.72. The highest BCUT2D eigenvalue weighted by Gasteiger charge is 2.17. The van der Waals surface area contributed by atoms with Crippen molar-refractivity contribution in [3.63, 3.8) is 0 Å². The minimum atomic E-state index is 0.179. The zero-order valence-electron chi connectivity index (χ0n) is 16.7. The summed E-state index contributed by atoms with van der Waals surface area (Å²) in [4.78, 5) is 3.75. The summed E-state index contributed by atoms with van der Waals surface area (Å²) in [6.07, 6.45) is 4.32. The molecule has 0 radical (unpaired) electrons. The van der Waals surface area contributed by atoms with Crippen molar-refractivity contribution in [1.82, 2.24) is 4.98 Å². The molecule has 2 aromatic carbocycles. The first-order valence-electron chi connectivity index (χ1n) is 9.89. The Morgan fingerprint density at radius 2 is 1.69 bits per heavy atom. The minimum absolute atomic E-state index is 0.179. The van der Waals surface area contributed by atoms with Gasteiger partial charge in [0.2, 0.25) is 0 Å². The van der Waals surface area contributed by atoms with E-state index in [4.69, 9.17) is 5.73 Å². The average Bonchev–Trinajstić information content (AvgIpc) is 3.00. The maximum atomic E-state index is 5.72. The van der Waals surface area contributed by atoms with Crippen molar-refractivity contribution in [1.29, 1.82) is 0 Å². The Morgan fingerprint density at radius 3 is 2.31 bits per heavy atom. The summed E-state index contributed by atoms with van der Waals surface area (Å²) in [7, 11) is 0. The van der Waals surface area contributed by atoms with E-state index in [0.717, 1.165) is 32.2 Å². The summed E-state index contributed by atoms with van der Waals surface area (Å²) in [5.74, 6) is 0. The highest BCUT2D eigenvalue weighted by Crippen LogP contribution is 2.34. The molecule has 2 heteroatoms. The number of benzene rings is 2. The number of para-hydroxylation sites is 1. The number of aryl methyl sites for hydroxylation is 2. The van der Waals surface area contributed by atoms with Crippen LogP contribution in [0.2, 0.25) is 0 Å². The summed E-state index contributed by atoms with van der Waals surface area (Å²) >= 11 is 0. The van der Waals surface area contributed by atoms with E-state index < -0.39 is 0 Å². The normalized spacial score (nSPS) is 12.0. The maximum Gasteiger partial charge on any atom is 0.0497 e. The van der Waals surface area contributed by atoms with Crippen LogP contribution in [0.1, 0.15) is 57.2 Å². The molecule has 0 atom stereocenters. The van der Waals surface area contributed by atoms with E-state index in [-0.39, 0.29) is 5.41 Å². The molecule has 0 saturated heterocycles. The Hall–Kier alpha value is -2.06. The molecule has 0 aliphatic heterocycles. The van der Waals surface area contributed by atoms with Crippen LogP contribution in [-0.2, 0) is 18.3 Å². The number of hydrogen-bond donors (Lipinski definition) is 2. The van der Waals surface area contributed by atoms with Gasteiger partial charge in [0.1, 0.15) is 0 Å². The molecular weight excluding hydrogens is 316 g/mol. The van der Waals surface area contributed by atoms with Gasteiger partial charge in [-0.1, -0.05) is 70.2 Å². The molecule has 3 aromatic rings. The molecule has 0 unspecified atom stereocenters. The maximum absolute atomic E-state index is 5.72. The molecule has 26 heavy (non-hydrogen) atoms. The molecule has 3 rings (SSSR count). The number of rotatable bonds is 6. The van der Waals surface area contributed by atoms with Gasteiger partial charge in [0.15, 0.2) is 0 Å². The third-order valence-corrected chi connectivity index (χ3v) is 5.33. The number of nitrogens with one attached hydrogen (secondary N) is 1. The van der Waals surface area contributed by atoms with Crippen molar-refractivity contribution in [3.05, 3.63) is 59.2 Å². The molecule has 138 valence electrons. The predicted molar refractivity (Wildman–Crippen MR) is 114 cm³/mol. The Labute approximate surface area is 157 Å². The largest absolute Gasteiger partial charge is 0.354 e. The van der Waals surface area contributed by atoms with E-state index in [1.54, 1.807) is 0 Å². The van der Waals surface area contributed by atoms with Gasteiger partial charge >= 0.3 is 0 Å². The Morgan fingerprint density at radius 1 is 0.962 bits per heavy atom. The second kappa shape index (κ2) is 7.67. The number of hydrogen-bond acceptors (Lipinski definition) is 1. The molecule has 0 bridgehead atoms. The molecule has 0 aliphatic carbocycles. The molecule has 0 amide bonds. The van der Waals surface area contributed by atoms with Gasteiger partial charge in [-0.05, 0) is 59.9 Å². The van der Waals surface area contributed by atoms with Gasteiger partial charge in [-0.3, -0.25) is 0 Å². The molecule has 3 N–H and O–H groups in total. The summed E-state index contributed by atoms with van der Waals surface area (Å²) in [6, 6.07) is 15.8. The summed E-state index contributed by atoms with van der Waals surface area (Å²) in [5, 5.41) is 1.37. The third-order valence-electron chi connectivity index (χ3n) is 5.33. The van der Waals surface area contributed by atoms with Gasteiger partial charge in [-0.2, -0.15) is 0 Å². The molecule has 1 heterocycles. The first kappa shape index (κ1) is 18.7. The number of aromatic nitrogens is 1. The topological polar surface area (TPSA) is 41.8 Å². The molecular formula is C24H32N2. The van der Waals surface area contributed by atoms with Crippen molar-refractivity contribution >= 4 is 10.9 Å². The van der Waals surface area contributed by atoms with Crippen LogP contribution in [0.25, 0.3) is 22.2 Å². The SMILES string of the molecule is CCc1cccc2c(CCCCN)c(-c3ccc(C(C)(C)C)cc3)[nH]c12. The summed E-state index contributed by atoms with van der Waals surface area (Å²) < 4.78 is 0. The zero-order chi connectivity index (χ0) is 18.7. The van der Waals surface area contributed by atoms with Crippen LogP contribution in [0.5, 0.6) is 0 Å². The fourth-order valence-corrected chi connectivity index (χ4v) is 3.72. The standard InChI is InChI=1S/C24H32N2/c1-5-17-9-8-11-21-20(10-6-7-16-25)23(26-22(17)21)18-12-14-19(15-13-18)24(2,3)4/h8-9,11-15,26H,5-7,10,16,25H2,1-4H3. The lowest BCUT2D eigenvalue weighted by Crippen LogP contribution is -2.10. The molecule has 0 aliphatic rings. The summed E-state index contributed by atoms with van der Waals surface area (Å²) in [5.41, 5.74) is 14.0. The van der Waals surface area contributed by atoms with Crippen molar-refractivity contribution < 1.29 is 0 Å². The van der Waals surface area contributed by atoms with Gasteiger partial charge in [0, 0.05) is 16.6 Å². The Balaban J connectivity index is 2.10. The lowest BCUT2D eigenvalue weighted by Gasteiger charge is -2.19. The van der Waals surface area contributed by atoms with E-state index in [2.05, 4.69) is 75.1 Å². The van der Waals surface area contributed by atoms with Crippen LogP contribution in [0.15, 0.2) is 42.5 Å². The number of unbranched alkanes of at least 4 members (excludes halogenated alkanes) is 1. The fraction of sp³-hybridized carbons (Fsp3) is 0.417. The lowest BCUT2D eigenvalue weighted by atomic mass is 9.86. The number of H-pyrrole nitrogens is 1. The van der Waals surface area contributed by atoms with E-state index in [9.17, 15) is 0 Å². The van der Waals surface area contributed by atoms with Gasteiger partial charge in [0.25, 0.3) is 0 Å². The second-order valence-corrected chi connectivity index (χ2v) is 8.24. The molecule has 2 nitrogen and oxygen atoms in total. The van der Waals surface area contributed by atoms with Crippen molar-refractivity contribution in [3.8, 4) is 11.3 Å². The van der Waals surface area contributed by atoms with Crippen molar-refractivity contribution in [2.24, 2.45) is 5.73 Å². The monoisotopic (exact) mass is 348 g/mol. The van der Waals surface area contributed by atoms with Crippen LogP contribution >= 0.6 is 0 Å². The predicted octanol–water partition coefficient (Wildman–Crippen LogP) is 5.98. The smallest absolute Gasteiger partial charge is 0.0497 e. The molecule has 0 saturated carbocycles. The van der Waals surface area contributed by atoms with Crippen molar-refractivity contribution in [2.45, 2.75) is 58.8 Å². The minimum Gasteiger partial charge on any atom is -0.354 e. The van der Waals surface area contributed by atoms with E-state index >= 15 is 0 Å². The highest BCUT2D eigenvalue weighted by atomic mass is 14.7.